The molecule has 38 heavy (non-hydrogen) atoms. The first kappa shape index (κ1) is 24.9. The summed E-state index contributed by atoms with van der Waals surface area (Å²) in [7, 11) is 1.91. The monoisotopic (exact) mass is 514 g/mol. The molecular weight excluding hydrogens is 488 g/mol. The Bertz CT molecular complexity index is 1680. The number of hydrogen-bond acceptors (Lipinski definition) is 6. The molecule has 0 bridgehead atoms. The van der Waals surface area contributed by atoms with E-state index in [1.54, 1.807) is 19.1 Å². The van der Waals surface area contributed by atoms with E-state index in [1.807, 2.05) is 48.3 Å². The molecule has 5 rings (SSSR count). The van der Waals surface area contributed by atoms with Gasteiger partial charge in [-0.05, 0) is 65.6 Å². The number of anilines is 1. The van der Waals surface area contributed by atoms with Crippen molar-refractivity contribution >= 4 is 45.2 Å². The van der Waals surface area contributed by atoms with Gasteiger partial charge in [0.05, 0.1) is 10.9 Å². The highest BCUT2D eigenvalue weighted by Gasteiger charge is 2.36. The molecule has 0 radical (unpaired) electrons. The maximum Gasteiger partial charge on any atom is 0.326 e. The van der Waals surface area contributed by atoms with Crippen molar-refractivity contribution in [2.75, 3.05) is 11.9 Å². The van der Waals surface area contributed by atoms with E-state index in [2.05, 4.69) is 9.97 Å². The number of fused-ring (bicyclic) bond motifs is 4. The highest BCUT2D eigenvalue weighted by atomic mass is 16.4. The molecule has 1 aliphatic rings. The Morgan fingerprint density at radius 2 is 1.87 bits per heavy atom. The number of carboxylic acid groups (broad SMARTS) is 2. The summed E-state index contributed by atoms with van der Waals surface area (Å²) < 4.78 is 0. The van der Waals surface area contributed by atoms with E-state index in [0.29, 0.717) is 34.4 Å². The van der Waals surface area contributed by atoms with Crippen molar-refractivity contribution in [3.8, 4) is 0 Å². The zero-order chi connectivity index (χ0) is 27.1. The number of aromatic amines is 1. The van der Waals surface area contributed by atoms with E-state index in [1.165, 1.54) is 4.90 Å². The number of rotatable bonds is 8. The maximum atomic E-state index is 12.9. The molecule has 0 unspecified atom stereocenters. The number of hydrogen-bond donors (Lipinski definition) is 3. The minimum Gasteiger partial charge on any atom is -0.481 e. The maximum absolute atomic E-state index is 12.9. The van der Waals surface area contributed by atoms with Crippen molar-refractivity contribution in [1.29, 1.82) is 0 Å². The number of carbonyl (C=O) groups excluding carboxylic acids is 1. The van der Waals surface area contributed by atoms with Crippen molar-refractivity contribution in [3.63, 3.8) is 0 Å². The summed E-state index contributed by atoms with van der Waals surface area (Å²) in [4.78, 5) is 58.8. The van der Waals surface area contributed by atoms with Crippen molar-refractivity contribution < 1.29 is 24.6 Å². The smallest absolute Gasteiger partial charge is 0.326 e. The third-order valence-corrected chi connectivity index (χ3v) is 6.95. The summed E-state index contributed by atoms with van der Waals surface area (Å²) in [6.07, 6.45) is -0.501. The topological polar surface area (TPSA) is 144 Å². The molecule has 1 atom stereocenters. The van der Waals surface area contributed by atoms with Crippen LogP contribution in [0.2, 0.25) is 0 Å². The molecule has 0 saturated heterocycles. The number of aryl methyl sites for hydroxylation is 1. The molecule has 1 aromatic heterocycles. The van der Waals surface area contributed by atoms with Crippen LogP contribution < -0.4 is 10.5 Å². The van der Waals surface area contributed by atoms with Gasteiger partial charge >= 0.3 is 11.9 Å². The molecule has 3 aromatic carbocycles. The van der Waals surface area contributed by atoms with Crippen LogP contribution in [0.25, 0.3) is 21.7 Å². The fourth-order valence-electron chi connectivity index (χ4n) is 5.08. The molecule has 10 heteroatoms. The van der Waals surface area contributed by atoms with Gasteiger partial charge < -0.3 is 25.0 Å². The number of benzene rings is 3. The molecular formula is C28H26N4O6. The van der Waals surface area contributed by atoms with Gasteiger partial charge in [-0.3, -0.25) is 14.4 Å². The first-order valence-electron chi connectivity index (χ1n) is 12.1. The standard InChI is InChI=1S/C28H26N4O6/c1-15-29-22-8-5-17-4-3-16(11-21(17)25(22)26(35)30-15)13-31(2)19-6-7-20-18(12-19)14-32(27(20)36)23(28(37)38)9-10-24(33)34/h3-8,11-12,23H,9-10,13-14H2,1-2H3,(H,33,34)(H,37,38)(H,29,30,35)/t23-/m0/s1. The van der Waals surface area contributed by atoms with Crippen molar-refractivity contribution in [1.82, 2.24) is 14.9 Å². The van der Waals surface area contributed by atoms with E-state index < -0.39 is 23.9 Å². The summed E-state index contributed by atoms with van der Waals surface area (Å²) >= 11 is 0. The molecule has 10 nitrogen and oxygen atoms in total. The SMILES string of the molecule is Cc1nc2ccc3ccc(CN(C)c4ccc5c(c4)CN([C@@H](CCC(=O)O)C(=O)O)C5=O)cc3c2c(=O)[nH]1. The van der Waals surface area contributed by atoms with Crippen LogP contribution in [0.3, 0.4) is 0 Å². The predicted octanol–water partition coefficient (Wildman–Crippen LogP) is 3.29. The quantitative estimate of drug-likeness (QED) is 0.304. The highest BCUT2D eigenvalue weighted by Crippen LogP contribution is 2.31. The van der Waals surface area contributed by atoms with Gasteiger partial charge in [0.15, 0.2) is 0 Å². The second-order valence-electron chi connectivity index (χ2n) is 9.58. The lowest BCUT2D eigenvalue weighted by Crippen LogP contribution is -2.41. The van der Waals surface area contributed by atoms with Gasteiger partial charge in [0.1, 0.15) is 11.9 Å². The lowest BCUT2D eigenvalue weighted by Gasteiger charge is -2.23. The fourth-order valence-corrected chi connectivity index (χ4v) is 5.08. The number of H-pyrrole nitrogens is 1. The minimum absolute atomic E-state index is 0.101. The van der Waals surface area contributed by atoms with E-state index in [4.69, 9.17) is 5.11 Å². The molecule has 194 valence electrons. The number of amides is 1. The van der Waals surface area contributed by atoms with Crippen LogP contribution in [0.5, 0.6) is 0 Å². The molecule has 2 heterocycles. The fraction of sp³-hybridized carbons (Fsp3) is 0.250. The Balaban J connectivity index is 1.40. The molecule has 4 aromatic rings. The number of aromatic nitrogens is 2. The average Bonchev–Trinajstić information content (AvgIpc) is 3.18. The summed E-state index contributed by atoms with van der Waals surface area (Å²) in [5.41, 5.74) is 3.38. The molecule has 0 aliphatic carbocycles. The molecule has 3 N–H and O–H groups in total. The average molecular weight is 515 g/mol. The number of nitrogens with one attached hydrogen (secondary N) is 1. The molecule has 0 fully saturated rings. The van der Waals surface area contributed by atoms with Crippen molar-refractivity contribution in [2.24, 2.45) is 0 Å². The molecule has 1 amide bonds. The minimum atomic E-state index is -1.22. The number of nitrogens with zero attached hydrogens (tertiary/aromatic N) is 3. The van der Waals surface area contributed by atoms with Crippen LogP contribution in [0, 0.1) is 6.92 Å². The predicted molar refractivity (Wildman–Crippen MR) is 141 cm³/mol. The zero-order valence-electron chi connectivity index (χ0n) is 20.9. The molecule has 0 spiro atoms. The second kappa shape index (κ2) is 9.62. The van der Waals surface area contributed by atoms with Crippen LogP contribution in [0.1, 0.15) is 40.2 Å². The lowest BCUT2D eigenvalue weighted by molar-refractivity contribution is -0.143. The van der Waals surface area contributed by atoms with Crippen molar-refractivity contribution in [2.45, 2.75) is 38.9 Å². The van der Waals surface area contributed by atoms with Crippen LogP contribution >= 0.6 is 0 Å². The van der Waals surface area contributed by atoms with E-state index in [0.717, 1.165) is 22.0 Å². The van der Waals surface area contributed by atoms with Gasteiger partial charge in [-0.2, -0.15) is 0 Å². The van der Waals surface area contributed by atoms with Crippen LogP contribution in [-0.2, 0) is 22.7 Å². The summed E-state index contributed by atoms with van der Waals surface area (Å²) in [5, 5.41) is 20.9. The summed E-state index contributed by atoms with van der Waals surface area (Å²) in [6.45, 7) is 2.37. The molecule has 1 aliphatic heterocycles. The molecule has 0 saturated carbocycles. The van der Waals surface area contributed by atoms with Gasteiger partial charge in [-0.15, -0.1) is 0 Å². The van der Waals surface area contributed by atoms with Gasteiger partial charge in [-0.1, -0.05) is 18.2 Å². The third-order valence-electron chi connectivity index (χ3n) is 6.95. The van der Waals surface area contributed by atoms with Gasteiger partial charge in [0.25, 0.3) is 11.5 Å². The largest absolute Gasteiger partial charge is 0.481 e. The van der Waals surface area contributed by atoms with Crippen LogP contribution in [0.4, 0.5) is 5.69 Å². The number of carboxylic acids is 2. The highest BCUT2D eigenvalue weighted by molar-refractivity contribution is 6.06. The Hall–Kier alpha value is -4.73. The van der Waals surface area contributed by atoms with E-state index >= 15 is 0 Å². The summed E-state index contributed by atoms with van der Waals surface area (Å²) in [6, 6.07) is 13.9. The number of carbonyl (C=O) groups is 3. The van der Waals surface area contributed by atoms with Gasteiger partial charge in [-0.25, -0.2) is 9.78 Å². The number of aliphatic carboxylic acids is 2. The van der Waals surface area contributed by atoms with Gasteiger partial charge in [0, 0.05) is 37.8 Å². The first-order valence-corrected chi connectivity index (χ1v) is 12.1. The second-order valence-corrected chi connectivity index (χ2v) is 9.58. The van der Waals surface area contributed by atoms with Crippen LogP contribution in [0.15, 0.2) is 53.3 Å². The van der Waals surface area contributed by atoms with Crippen LogP contribution in [-0.4, -0.2) is 56.0 Å². The third kappa shape index (κ3) is 4.56. The van der Waals surface area contributed by atoms with Crippen molar-refractivity contribution in [3.05, 3.63) is 81.4 Å². The zero-order valence-corrected chi connectivity index (χ0v) is 20.9. The Labute approximate surface area is 217 Å². The Morgan fingerprint density at radius 3 is 2.61 bits per heavy atom. The summed E-state index contributed by atoms with van der Waals surface area (Å²) in [5.74, 6) is -2.19. The Morgan fingerprint density at radius 1 is 1.11 bits per heavy atom. The Kier molecular flexibility index (Phi) is 6.31. The van der Waals surface area contributed by atoms with E-state index in [9.17, 15) is 24.3 Å². The lowest BCUT2D eigenvalue weighted by atomic mass is 10.0. The van der Waals surface area contributed by atoms with Gasteiger partial charge in [0.2, 0.25) is 0 Å². The van der Waals surface area contributed by atoms with E-state index in [-0.39, 0.29) is 24.9 Å². The first-order chi connectivity index (χ1) is 18.1. The normalized spacial score (nSPS) is 13.6.